The third-order valence-electron chi connectivity index (χ3n) is 2.58. The first-order valence-electron chi connectivity index (χ1n) is 5.79. The highest BCUT2D eigenvalue weighted by atomic mass is 79.9. The highest BCUT2D eigenvalue weighted by molar-refractivity contribution is 9.11. The van der Waals surface area contributed by atoms with Gasteiger partial charge >= 0.3 is 0 Å². The van der Waals surface area contributed by atoms with Crippen molar-refractivity contribution in [2.45, 2.75) is 19.4 Å². The Bertz CT molecular complexity index is 549. The van der Waals surface area contributed by atoms with Crippen molar-refractivity contribution >= 4 is 43.7 Å². The number of nitriles is 1. The van der Waals surface area contributed by atoms with Crippen LogP contribution in [0.15, 0.2) is 27.1 Å². The summed E-state index contributed by atoms with van der Waals surface area (Å²) < 4.78 is 1.47. The first kappa shape index (κ1) is 16.7. The van der Waals surface area contributed by atoms with E-state index in [2.05, 4.69) is 37.2 Å². The molecule has 106 valence electrons. The van der Waals surface area contributed by atoms with Gasteiger partial charge in [0, 0.05) is 20.4 Å². The fourth-order valence-corrected chi connectivity index (χ4v) is 2.87. The Kier molecular flexibility index (Phi) is 6.17. The van der Waals surface area contributed by atoms with Crippen molar-refractivity contribution in [1.82, 2.24) is 5.32 Å². The number of rotatable bonds is 5. The second kappa shape index (κ2) is 7.41. The van der Waals surface area contributed by atoms with Crippen molar-refractivity contribution in [2.24, 2.45) is 11.7 Å². The van der Waals surface area contributed by atoms with Gasteiger partial charge < -0.3 is 11.1 Å². The number of benzene rings is 1. The van der Waals surface area contributed by atoms with E-state index in [4.69, 9.17) is 11.0 Å². The van der Waals surface area contributed by atoms with E-state index in [1.165, 1.54) is 0 Å². The molecule has 0 saturated carbocycles. The summed E-state index contributed by atoms with van der Waals surface area (Å²) in [7, 11) is 0. The first-order chi connectivity index (χ1) is 9.33. The molecule has 0 unspecified atom stereocenters. The fourth-order valence-electron chi connectivity index (χ4n) is 1.58. The molecule has 20 heavy (non-hydrogen) atoms. The van der Waals surface area contributed by atoms with E-state index >= 15 is 0 Å². The Balaban J connectivity index is 2.86. The number of nitrogens with two attached hydrogens (primary N) is 1. The van der Waals surface area contributed by atoms with Crippen molar-refractivity contribution in [3.05, 3.63) is 32.7 Å². The van der Waals surface area contributed by atoms with E-state index < -0.39 is 17.9 Å². The van der Waals surface area contributed by atoms with Gasteiger partial charge in [-0.15, -0.1) is 0 Å². The second-order valence-electron chi connectivity index (χ2n) is 4.35. The van der Waals surface area contributed by atoms with Crippen LogP contribution in [0.4, 0.5) is 0 Å². The third kappa shape index (κ3) is 4.94. The average molecular weight is 403 g/mol. The lowest BCUT2D eigenvalue weighted by atomic mass is 10.0. The Hall–Kier alpha value is -1.39. The standard InChI is InChI=1S/C13H13Br2N3O2/c1-7(6-16)2-11(12(17)19)18-13(20)8-3-9(14)5-10(15)4-8/h3-5,7,11H,2H2,1H3,(H2,17,19)(H,18,20)/t7-,11-/m0/s1. The number of carbonyl (C=O) groups is 2. The molecule has 0 heterocycles. The van der Waals surface area contributed by atoms with Gasteiger partial charge in [-0.05, 0) is 31.5 Å². The van der Waals surface area contributed by atoms with E-state index in [1.807, 2.05) is 6.07 Å². The zero-order valence-electron chi connectivity index (χ0n) is 10.7. The van der Waals surface area contributed by atoms with Crippen molar-refractivity contribution in [3.8, 4) is 6.07 Å². The summed E-state index contributed by atoms with van der Waals surface area (Å²) in [5, 5.41) is 11.3. The minimum Gasteiger partial charge on any atom is -0.368 e. The first-order valence-corrected chi connectivity index (χ1v) is 7.38. The zero-order valence-corrected chi connectivity index (χ0v) is 13.9. The van der Waals surface area contributed by atoms with Crippen LogP contribution in [-0.4, -0.2) is 17.9 Å². The Morgan fingerprint density at radius 2 is 1.90 bits per heavy atom. The fraction of sp³-hybridized carbons (Fsp3) is 0.308. The molecule has 5 nitrogen and oxygen atoms in total. The van der Waals surface area contributed by atoms with Crippen LogP contribution in [-0.2, 0) is 4.79 Å². The number of halogens is 2. The van der Waals surface area contributed by atoms with Crippen molar-refractivity contribution in [3.63, 3.8) is 0 Å². The van der Waals surface area contributed by atoms with Gasteiger partial charge in [0.05, 0.1) is 6.07 Å². The quantitative estimate of drug-likeness (QED) is 0.790. The normalized spacial score (nSPS) is 13.1. The van der Waals surface area contributed by atoms with E-state index in [0.717, 1.165) is 8.95 Å². The van der Waals surface area contributed by atoms with Crippen LogP contribution in [0.2, 0.25) is 0 Å². The summed E-state index contributed by atoms with van der Waals surface area (Å²) in [6.45, 7) is 1.66. The number of nitrogens with one attached hydrogen (secondary N) is 1. The molecule has 3 N–H and O–H groups in total. The number of nitrogens with zero attached hydrogens (tertiary/aromatic N) is 1. The highest BCUT2D eigenvalue weighted by Crippen LogP contribution is 2.20. The number of amides is 2. The molecule has 2 atom stereocenters. The summed E-state index contributed by atoms with van der Waals surface area (Å²) >= 11 is 6.57. The number of primary amides is 1. The van der Waals surface area contributed by atoms with E-state index in [9.17, 15) is 9.59 Å². The largest absolute Gasteiger partial charge is 0.368 e. The lowest BCUT2D eigenvalue weighted by molar-refractivity contribution is -0.120. The predicted molar refractivity (Wildman–Crippen MR) is 81.7 cm³/mol. The maximum atomic E-state index is 12.1. The smallest absolute Gasteiger partial charge is 0.252 e. The third-order valence-corrected chi connectivity index (χ3v) is 3.50. The minimum absolute atomic E-state index is 0.187. The molecule has 0 spiro atoms. The van der Waals surface area contributed by atoms with Crippen LogP contribution in [0.5, 0.6) is 0 Å². The van der Waals surface area contributed by atoms with Crippen molar-refractivity contribution in [2.75, 3.05) is 0 Å². The summed E-state index contributed by atoms with van der Waals surface area (Å²) in [6.07, 6.45) is 0.187. The molecule has 0 fully saturated rings. The topological polar surface area (TPSA) is 96.0 Å². The highest BCUT2D eigenvalue weighted by Gasteiger charge is 2.21. The van der Waals surface area contributed by atoms with E-state index in [1.54, 1.807) is 25.1 Å². The maximum Gasteiger partial charge on any atom is 0.252 e. The molecule has 1 aromatic rings. The molecule has 0 aliphatic heterocycles. The van der Waals surface area contributed by atoms with E-state index in [0.29, 0.717) is 5.56 Å². The zero-order chi connectivity index (χ0) is 15.3. The molecule has 7 heteroatoms. The molecule has 0 aromatic heterocycles. The molecule has 0 aliphatic carbocycles. The second-order valence-corrected chi connectivity index (χ2v) is 6.18. The Morgan fingerprint density at radius 3 is 2.35 bits per heavy atom. The molecule has 0 aliphatic rings. The van der Waals surface area contributed by atoms with Crippen LogP contribution in [0.3, 0.4) is 0 Å². The summed E-state index contributed by atoms with van der Waals surface area (Å²) in [5.41, 5.74) is 5.64. The van der Waals surface area contributed by atoms with Gasteiger partial charge in [0.25, 0.3) is 5.91 Å². The number of hydrogen-bond acceptors (Lipinski definition) is 3. The van der Waals surface area contributed by atoms with Crippen molar-refractivity contribution < 1.29 is 9.59 Å². The molecule has 0 bridgehead atoms. The molecule has 0 saturated heterocycles. The number of carbonyl (C=O) groups excluding carboxylic acids is 2. The monoisotopic (exact) mass is 401 g/mol. The number of hydrogen-bond donors (Lipinski definition) is 2. The van der Waals surface area contributed by atoms with Gasteiger partial charge in [0.15, 0.2) is 0 Å². The molecular formula is C13H13Br2N3O2. The SMILES string of the molecule is C[C@H](C#N)C[C@H](NC(=O)c1cc(Br)cc(Br)c1)C(N)=O. The summed E-state index contributed by atoms with van der Waals surface area (Å²) in [4.78, 5) is 23.4. The van der Waals surface area contributed by atoms with Crippen LogP contribution in [0.25, 0.3) is 0 Å². The van der Waals surface area contributed by atoms with Gasteiger partial charge in [-0.25, -0.2) is 0 Å². The Labute approximate surface area is 133 Å². The van der Waals surface area contributed by atoms with Crippen molar-refractivity contribution in [1.29, 1.82) is 5.26 Å². The molecule has 1 rings (SSSR count). The Morgan fingerprint density at radius 1 is 1.35 bits per heavy atom. The van der Waals surface area contributed by atoms with Crippen LogP contribution in [0.1, 0.15) is 23.7 Å². The van der Waals surface area contributed by atoms with Gasteiger partial charge in [0.1, 0.15) is 6.04 Å². The average Bonchev–Trinajstić information content (AvgIpc) is 2.36. The summed E-state index contributed by atoms with van der Waals surface area (Å²) in [6, 6.07) is 6.20. The van der Waals surface area contributed by atoms with Gasteiger partial charge in [-0.2, -0.15) is 5.26 Å². The molecular weight excluding hydrogens is 390 g/mol. The lowest BCUT2D eigenvalue weighted by Gasteiger charge is -2.16. The van der Waals surface area contributed by atoms with Gasteiger partial charge in [-0.3, -0.25) is 9.59 Å². The van der Waals surface area contributed by atoms with Gasteiger partial charge in [-0.1, -0.05) is 31.9 Å². The minimum atomic E-state index is -0.866. The van der Waals surface area contributed by atoms with E-state index in [-0.39, 0.29) is 12.3 Å². The van der Waals surface area contributed by atoms with Gasteiger partial charge in [0.2, 0.25) is 5.91 Å². The predicted octanol–water partition coefficient (Wildman–Crippen LogP) is 2.35. The van der Waals surface area contributed by atoms with Crippen LogP contribution in [0, 0.1) is 17.2 Å². The molecule has 0 radical (unpaired) electrons. The molecule has 1 aromatic carbocycles. The van der Waals surface area contributed by atoms with Crippen LogP contribution < -0.4 is 11.1 Å². The lowest BCUT2D eigenvalue weighted by Crippen LogP contribution is -2.45. The summed E-state index contributed by atoms with van der Waals surface area (Å²) in [5.74, 6) is -1.45. The maximum absolute atomic E-state index is 12.1. The van der Waals surface area contributed by atoms with Crippen LogP contribution >= 0.6 is 31.9 Å². The molecule has 2 amide bonds.